The molecule has 0 atom stereocenters. The quantitative estimate of drug-likeness (QED) is 0.777. The SMILES string of the molecule is Nc1noc(-c2cncnc2)c1-c1cc(F)cc(F)c1. The fourth-order valence-corrected chi connectivity index (χ4v) is 1.89. The average molecular weight is 274 g/mol. The third-order valence-electron chi connectivity index (χ3n) is 2.69. The molecule has 2 N–H and O–H groups in total. The first-order chi connectivity index (χ1) is 9.65. The first kappa shape index (κ1) is 12.2. The van der Waals surface area contributed by atoms with Crippen LogP contribution in [-0.4, -0.2) is 15.1 Å². The van der Waals surface area contributed by atoms with Gasteiger partial charge in [-0.3, -0.25) is 0 Å². The second kappa shape index (κ2) is 4.69. The van der Waals surface area contributed by atoms with E-state index in [1.165, 1.54) is 18.7 Å². The number of hydrogen-bond donors (Lipinski definition) is 1. The molecule has 0 fully saturated rings. The van der Waals surface area contributed by atoms with Gasteiger partial charge < -0.3 is 10.3 Å². The molecule has 0 bridgehead atoms. The van der Waals surface area contributed by atoms with Crippen LogP contribution in [0.4, 0.5) is 14.6 Å². The summed E-state index contributed by atoms with van der Waals surface area (Å²) >= 11 is 0. The van der Waals surface area contributed by atoms with E-state index in [1.54, 1.807) is 0 Å². The Kier molecular flexibility index (Phi) is 2.86. The van der Waals surface area contributed by atoms with Crippen LogP contribution in [-0.2, 0) is 0 Å². The average Bonchev–Trinajstić information content (AvgIpc) is 2.80. The maximum Gasteiger partial charge on any atom is 0.180 e. The minimum atomic E-state index is -0.712. The molecular weight excluding hydrogens is 266 g/mol. The molecule has 1 aromatic carbocycles. The zero-order chi connectivity index (χ0) is 14.1. The van der Waals surface area contributed by atoms with E-state index < -0.39 is 11.6 Å². The number of halogens is 2. The standard InChI is InChI=1S/C13H8F2N4O/c14-9-1-7(2-10(15)3-9)11-12(20-19-13(11)16)8-4-17-6-18-5-8/h1-6H,(H2,16,19). The molecule has 0 aliphatic rings. The van der Waals surface area contributed by atoms with Gasteiger partial charge in [0.1, 0.15) is 18.0 Å². The minimum absolute atomic E-state index is 0.0360. The molecular formula is C13H8F2N4O. The van der Waals surface area contributed by atoms with Gasteiger partial charge >= 0.3 is 0 Å². The fraction of sp³-hybridized carbons (Fsp3) is 0. The van der Waals surface area contributed by atoms with Crippen molar-refractivity contribution in [1.29, 1.82) is 0 Å². The number of aromatic nitrogens is 3. The molecule has 2 heterocycles. The van der Waals surface area contributed by atoms with E-state index in [4.69, 9.17) is 10.3 Å². The summed E-state index contributed by atoms with van der Waals surface area (Å²) in [6, 6.07) is 3.08. The highest BCUT2D eigenvalue weighted by atomic mass is 19.1. The summed E-state index contributed by atoms with van der Waals surface area (Å²) in [5.74, 6) is -1.13. The van der Waals surface area contributed by atoms with E-state index in [0.29, 0.717) is 11.1 Å². The molecule has 0 saturated heterocycles. The molecule has 0 radical (unpaired) electrons. The van der Waals surface area contributed by atoms with Crippen LogP contribution >= 0.6 is 0 Å². The molecule has 0 saturated carbocycles. The predicted molar refractivity (Wildman–Crippen MR) is 67.3 cm³/mol. The lowest BCUT2D eigenvalue weighted by molar-refractivity contribution is 0.436. The Bertz CT molecular complexity index is 738. The van der Waals surface area contributed by atoms with Gasteiger partial charge in [-0.25, -0.2) is 18.7 Å². The number of nitrogens with two attached hydrogens (primary N) is 1. The number of nitrogens with zero attached hydrogens (tertiary/aromatic N) is 3. The third-order valence-corrected chi connectivity index (χ3v) is 2.69. The summed E-state index contributed by atoms with van der Waals surface area (Å²) in [5.41, 5.74) is 6.77. The van der Waals surface area contributed by atoms with Crippen LogP contribution in [0.25, 0.3) is 22.5 Å². The van der Waals surface area contributed by atoms with E-state index in [9.17, 15) is 8.78 Å². The number of anilines is 1. The highest BCUT2D eigenvalue weighted by Crippen LogP contribution is 2.36. The van der Waals surface area contributed by atoms with Crippen LogP contribution in [0.1, 0.15) is 0 Å². The first-order valence-electron chi connectivity index (χ1n) is 5.62. The van der Waals surface area contributed by atoms with Crippen LogP contribution in [0, 0.1) is 11.6 Å². The van der Waals surface area contributed by atoms with E-state index in [-0.39, 0.29) is 17.1 Å². The second-order valence-electron chi connectivity index (χ2n) is 4.06. The maximum atomic E-state index is 13.3. The molecule has 0 amide bonds. The lowest BCUT2D eigenvalue weighted by Crippen LogP contribution is -1.91. The second-order valence-corrected chi connectivity index (χ2v) is 4.06. The number of rotatable bonds is 2. The Labute approximate surface area is 112 Å². The van der Waals surface area contributed by atoms with Gasteiger partial charge in [0.05, 0.1) is 11.1 Å². The Morgan fingerprint density at radius 3 is 2.25 bits per heavy atom. The largest absolute Gasteiger partial charge is 0.380 e. The van der Waals surface area contributed by atoms with Gasteiger partial charge in [-0.15, -0.1) is 0 Å². The Morgan fingerprint density at radius 2 is 1.60 bits per heavy atom. The van der Waals surface area contributed by atoms with Crippen molar-refractivity contribution >= 4 is 5.82 Å². The minimum Gasteiger partial charge on any atom is -0.380 e. The van der Waals surface area contributed by atoms with Crippen molar-refractivity contribution in [2.75, 3.05) is 5.73 Å². The monoisotopic (exact) mass is 274 g/mol. The van der Waals surface area contributed by atoms with Gasteiger partial charge in [-0.2, -0.15) is 0 Å². The Balaban J connectivity index is 2.22. The Morgan fingerprint density at radius 1 is 0.950 bits per heavy atom. The topological polar surface area (TPSA) is 77.8 Å². The smallest absolute Gasteiger partial charge is 0.180 e. The highest BCUT2D eigenvalue weighted by Gasteiger charge is 2.19. The fourth-order valence-electron chi connectivity index (χ4n) is 1.89. The van der Waals surface area contributed by atoms with Gasteiger partial charge in [-0.05, 0) is 17.7 Å². The van der Waals surface area contributed by atoms with Crippen LogP contribution in [0.15, 0.2) is 41.4 Å². The summed E-state index contributed by atoms with van der Waals surface area (Å²) in [7, 11) is 0. The molecule has 5 nitrogen and oxygen atoms in total. The summed E-state index contributed by atoms with van der Waals surface area (Å²) < 4.78 is 31.8. The summed E-state index contributed by atoms with van der Waals surface area (Å²) in [5, 5.41) is 3.63. The lowest BCUT2D eigenvalue weighted by Gasteiger charge is -2.03. The number of nitrogen functional groups attached to an aromatic ring is 1. The molecule has 0 spiro atoms. The van der Waals surface area contributed by atoms with E-state index in [1.807, 2.05) is 0 Å². The van der Waals surface area contributed by atoms with Crippen LogP contribution in [0.3, 0.4) is 0 Å². The zero-order valence-corrected chi connectivity index (χ0v) is 10.0. The predicted octanol–water partition coefficient (Wildman–Crippen LogP) is 2.66. The van der Waals surface area contributed by atoms with Crippen molar-refractivity contribution < 1.29 is 13.3 Å². The Hall–Kier alpha value is -2.83. The molecule has 0 unspecified atom stereocenters. The molecule has 100 valence electrons. The third kappa shape index (κ3) is 2.09. The van der Waals surface area contributed by atoms with Gasteiger partial charge in [0.25, 0.3) is 0 Å². The van der Waals surface area contributed by atoms with Gasteiger partial charge in [0.2, 0.25) is 0 Å². The highest BCUT2D eigenvalue weighted by molar-refractivity contribution is 5.86. The van der Waals surface area contributed by atoms with Crippen molar-refractivity contribution in [3.8, 4) is 22.5 Å². The molecule has 3 rings (SSSR count). The van der Waals surface area contributed by atoms with Gasteiger partial charge in [0.15, 0.2) is 11.6 Å². The molecule has 3 aromatic rings. The number of benzene rings is 1. The van der Waals surface area contributed by atoms with E-state index in [0.717, 1.165) is 18.2 Å². The van der Waals surface area contributed by atoms with Crippen molar-refractivity contribution in [3.63, 3.8) is 0 Å². The number of hydrogen-bond acceptors (Lipinski definition) is 5. The van der Waals surface area contributed by atoms with Gasteiger partial charge in [0, 0.05) is 18.5 Å². The van der Waals surface area contributed by atoms with Crippen LogP contribution in [0.5, 0.6) is 0 Å². The van der Waals surface area contributed by atoms with E-state index in [2.05, 4.69) is 15.1 Å². The summed E-state index contributed by atoms with van der Waals surface area (Å²) in [6.07, 6.45) is 4.34. The lowest BCUT2D eigenvalue weighted by atomic mass is 10.0. The molecule has 7 heteroatoms. The first-order valence-corrected chi connectivity index (χ1v) is 5.62. The van der Waals surface area contributed by atoms with Crippen molar-refractivity contribution in [3.05, 3.63) is 48.6 Å². The van der Waals surface area contributed by atoms with Crippen molar-refractivity contribution in [1.82, 2.24) is 15.1 Å². The van der Waals surface area contributed by atoms with Crippen LogP contribution in [0.2, 0.25) is 0 Å². The van der Waals surface area contributed by atoms with Crippen LogP contribution < -0.4 is 5.73 Å². The normalized spacial score (nSPS) is 10.7. The molecule has 2 aromatic heterocycles. The zero-order valence-electron chi connectivity index (χ0n) is 10.0. The molecule has 0 aliphatic carbocycles. The van der Waals surface area contributed by atoms with E-state index >= 15 is 0 Å². The summed E-state index contributed by atoms with van der Waals surface area (Å²) in [6.45, 7) is 0. The summed E-state index contributed by atoms with van der Waals surface area (Å²) in [4.78, 5) is 7.70. The van der Waals surface area contributed by atoms with Gasteiger partial charge in [-0.1, -0.05) is 5.16 Å². The van der Waals surface area contributed by atoms with Crippen molar-refractivity contribution in [2.45, 2.75) is 0 Å². The van der Waals surface area contributed by atoms with Crippen molar-refractivity contribution in [2.24, 2.45) is 0 Å². The molecule has 20 heavy (non-hydrogen) atoms. The maximum absolute atomic E-state index is 13.3. The molecule has 0 aliphatic heterocycles.